The Hall–Kier alpha value is -2.04. The molecule has 0 bridgehead atoms. The van der Waals surface area contributed by atoms with Gasteiger partial charge in [-0.05, 0) is 44.9 Å². The van der Waals surface area contributed by atoms with E-state index < -0.39 is 11.7 Å². The van der Waals surface area contributed by atoms with Crippen LogP contribution in [0, 0.1) is 5.92 Å². The molecule has 0 spiro atoms. The molecule has 110 valence electrons. The molecule has 20 heavy (non-hydrogen) atoms. The summed E-state index contributed by atoms with van der Waals surface area (Å²) in [4.78, 5) is 22.5. The molecule has 5 nitrogen and oxygen atoms in total. The maximum absolute atomic E-state index is 11.5. The number of ether oxygens (including phenoxy) is 1. The monoisotopic (exact) mass is 279 g/mol. The molecule has 0 fully saturated rings. The van der Waals surface area contributed by atoms with Crippen LogP contribution in [-0.4, -0.2) is 29.6 Å². The van der Waals surface area contributed by atoms with Crippen LogP contribution in [0.5, 0.6) is 5.75 Å². The molecule has 0 saturated carbocycles. The third-order valence-corrected chi connectivity index (χ3v) is 2.51. The maximum atomic E-state index is 11.5. The fourth-order valence-corrected chi connectivity index (χ4v) is 1.68. The second-order valence-electron chi connectivity index (χ2n) is 5.65. The minimum Gasteiger partial charge on any atom is -0.508 e. The van der Waals surface area contributed by atoms with Crippen LogP contribution < -0.4 is 5.32 Å². The van der Waals surface area contributed by atoms with Gasteiger partial charge >= 0.3 is 6.09 Å². The first kappa shape index (κ1) is 16.0. The van der Waals surface area contributed by atoms with E-state index in [4.69, 9.17) is 4.74 Å². The molecule has 2 N–H and O–H groups in total. The normalized spacial score (nSPS) is 12.6. The molecule has 1 atom stereocenters. The number of alkyl carbamates (subject to hydrolysis) is 1. The van der Waals surface area contributed by atoms with Crippen LogP contribution >= 0.6 is 0 Å². The third kappa shape index (κ3) is 6.22. The van der Waals surface area contributed by atoms with Gasteiger partial charge in [0, 0.05) is 12.5 Å². The second kappa shape index (κ2) is 6.93. The van der Waals surface area contributed by atoms with E-state index >= 15 is 0 Å². The van der Waals surface area contributed by atoms with Crippen LogP contribution in [0.3, 0.4) is 0 Å². The lowest BCUT2D eigenvalue weighted by atomic mass is 10.0. The zero-order valence-electron chi connectivity index (χ0n) is 12.1. The van der Waals surface area contributed by atoms with Gasteiger partial charge in [0.05, 0.1) is 0 Å². The number of phenolic OH excluding ortho intramolecular Hbond substituents is 1. The highest BCUT2D eigenvalue weighted by Gasteiger charge is 2.17. The van der Waals surface area contributed by atoms with E-state index in [1.807, 2.05) is 6.07 Å². The Balaban J connectivity index is 2.48. The van der Waals surface area contributed by atoms with E-state index in [0.717, 1.165) is 11.8 Å². The van der Waals surface area contributed by atoms with Gasteiger partial charge in [-0.1, -0.05) is 12.1 Å². The molecule has 1 aromatic rings. The molecule has 0 saturated heterocycles. The lowest BCUT2D eigenvalue weighted by Gasteiger charge is -2.20. The lowest BCUT2D eigenvalue weighted by molar-refractivity contribution is -0.110. The molecule has 0 radical (unpaired) electrons. The summed E-state index contributed by atoms with van der Waals surface area (Å²) in [7, 11) is 0. The number of rotatable bonds is 5. The summed E-state index contributed by atoms with van der Waals surface area (Å²) in [5, 5.41) is 11.9. The number of hydrogen-bond donors (Lipinski definition) is 2. The molecule has 0 heterocycles. The zero-order chi connectivity index (χ0) is 15.2. The summed E-state index contributed by atoms with van der Waals surface area (Å²) in [6.07, 6.45) is 0.704. The largest absolute Gasteiger partial charge is 0.508 e. The predicted octanol–water partition coefficient (Wildman–Crippen LogP) is 2.27. The lowest BCUT2D eigenvalue weighted by Crippen LogP contribution is -2.36. The average Bonchev–Trinajstić information content (AvgIpc) is 2.32. The number of phenols is 1. The summed E-state index contributed by atoms with van der Waals surface area (Å²) >= 11 is 0. The average molecular weight is 279 g/mol. The number of aldehydes is 1. The molecule has 0 aliphatic carbocycles. The number of benzene rings is 1. The predicted molar refractivity (Wildman–Crippen MR) is 75.6 cm³/mol. The number of amides is 1. The topological polar surface area (TPSA) is 75.6 Å². The van der Waals surface area contributed by atoms with E-state index in [-0.39, 0.29) is 18.2 Å². The Morgan fingerprint density at radius 1 is 1.45 bits per heavy atom. The Labute approximate surface area is 118 Å². The Kier molecular flexibility index (Phi) is 5.55. The van der Waals surface area contributed by atoms with Crippen molar-refractivity contribution >= 4 is 12.4 Å². The standard InChI is InChI=1S/C15H21NO4/c1-15(2,3)20-14(19)16-9-12(10-17)7-11-5-4-6-13(18)8-11/h4-6,8,10,12,18H,7,9H2,1-3H3,(H,16,19). The maximum Gasteiger partial charge on any atom is 0.407 e. The van der Waals surface area contributed by atoms with Crippen molar-refractivity contribution in [2.45, 2.75) is 32.8 Å². The highest BCUT2D eigenvalue weighted by Crippen LogP contribution is 2.14. The van der Waals surface area contributed by atoms with Crippen molar-refractivity contribution < 1.29 is 19.4 Å². The van der Waals surface area contributed by atoms with E-state index in [1.54, 1.807) is 39.0 Å². The fourth-order valence-electron chi connectivity index (χ4n) is 1.68. The van der Waals surface area contributed by atoms with Gasteiger partial charge < -0.3 is 20.0 Å². The van der Waals surface area contributed by atoms with Gasteiger partial charge in [-0.2, -0.15) is 0 Å². The summed E-state index contributed by atoms with van der Waals surface area (Å²) in [5.41, 5.74) is 0.277. The van der Waals surface area contributed by atoms with Crippen molar-refractivity contribution in [3.8, 4) is 5.75 Å². The Bertz CT molecular complexity index is 465. The number of nitrogens with one attached hydrogen (secondary N) is 1. The zero-order valence-corrected chi connectivity index (χ0v) is 12.1. The van der Waals surface area contributed by atoms with Gasteiger partial charge in [0.1, 0.15) is 17.6 Å². The number of carbonyl (C=O) groups is 2. The van der Waals surface area contributed by atoms with E-state index in [2.05, 4.69) is 5.32 Å². The van der Waals surface area contributed by atoms with Crippen molar-refractivity contribution in [1.82, 2.24) is 5.32 Å². The van der Waals surface area contributed by atoms with E-state index in [0.29, 0.717) is 6.42 Å². The van der Waals surface area contributed by atoms with Crippen molar-refractivity contribution in [2.24, 2.45) is 5.92 Å². The quantitative estimate of drug-likeness (QED) is 0.811. The minimum absolute atomic E-state index is 0.159. The Morgan fingerprint density at radius 3 is 2.70 bits per heavy atom. The summed E-state index contributed by atoms with van der Waals surface area (Å²) in [6.45, 7) is 5.53. The molecule has 1 rings (SSSR count). The molecule has 0 aliphatic rings. The van der Waals surface area contributed by atoms with Crippen molar-refractivity contribution in [3.05, 3.63) is 29.8 Å². The van der Waals surface area contributed by atoms with Crippen LogP contribution in [0.4, 0.5) is 4.79 Å². The summed E-state index contributed by atoms with van der Waals surface area (Å²) in [6, 6.07) is 6.71. The van der Waals surface area contributed by atoms with Crippen LogP contribution in [0.15, 0.2) is 24.3 Å². The number of aromatic hydroxyl groups is 1. The first-order valence-corrected chi connectivity index (χ1v) is 6.50. The molecule has 1 unspecified atom stereocenters. The summed E-state index contributed by atoms with van der Waals surface area (Å²) < 4.78 is 5.10. The van der Waals surface area contributed by atoms with Crippen molar-refractivity contribution in [3.63, 3.8) is 0 Å². The van der Waals surface area contributed by atoms with E-state index in [9.17, 15) is 14.7 Å². The second-order valence-corrected chi connectivity index (χ2v) is 5.65. The van der Waals surface area contributed by atoms with Gasteiger partial charge in [0.25, 0.3) is 0 Å². The molecule has 0 aliphatic heterocycles. The minimum atomic E-state index is -0.564. The molecule has 1 amide bonds. The highest BCUT2D eigenvalue weighted by atomic mass is 16.6. The fraction of sp³-hybridized carbons (Fsp3) is 0.467. The smallest absolute Gasteiger partial charge is 0.407 e. The van der Waals surface area contributed by atoms with Gasteiger partial charge in [-0.25, -0.2) is 4.79 Å². The summed E-state index contributed by atoms with van der Waals surface area (Å²) in [5.74, 6) is -0.198. The molecule has 5 heteroatoms. The molecular formula is C15H21NO4. The molecule has 0 aromatic heterocycles. The van der Waals surface area contributed by atoms with Gasteiger partial charge in [-0.3, -0.25) is 0 Å². The Morgan fingerprint density at radius 2 is 2.15 bits per heavy atom. The van der Waals surface area contributed by atoms with Gasteiger partial charge in [0.15, 0.2) is 0 Å². The SMILES string of the molecule is CC(C)(C)OC(=O)NCC(C=O)Cc1cccc(O)c1. The first-order chi connectivity index (χ1) is 9.30. The van der Waals surface area contributed by atoms with Gasteiger partial charge in [-0.15, -0.1) is 0 Å². The van der Waals surface area contributed by atoms with Crippen LogP contribution in [0.25, 0.3) is 0 Å². The van der Waals surface area contributed by atoms with Crippen LogP contribution in [0.2, 0.25) is 0 Å². The first-order valence-electron chi connectivity index (χ1n) is 6.50. The van der Waals surface area contributed by atoms with Crippen molar-refractivity contribution in [1.29, 1.82) is 0 Å². The van der Waals surface area contributed by atoms with Gasteiger partial charge in [0.2, 0.25) is 0 Å². The van der Waals surface area contributed by atoms with E-state index in [1.165, 1.54) is 0 Å². The molecule has 1 aromatic carbocycles. The third-order valence-electron chi connectivity index (χ3n) is 2.51. The van der Waals surface area contributed by atoms with Crippen LogP contribution in [-0.2, 0) is 16.0 Å². The van der Waals surface area contributed by atoms with Crippen LogP contribution in [0.1, 0.15) is 26.3 Å². The highest BCUT2D eigenvalue weighted by molar-refractivity contribution is 5.68. The number of carbonyl (C=O) groups excluding carboxylic acids is 2. The van der Waals surface area contributed by atoms with Crippen molar-refractivity contribution in [2.75, 3.05) is 6.54 Å². The molecular weight excluding hydrogens is 258 g/mol. The number of hydrogen-bond acceptors (Lipinski definition) is 4.